The molecule has 1 aromatic heterocycles. The molecule has 20 heavy (non-hydrogen) atoms. The van der Waals surface area contributed by atoms with Gasteiger partial charge in [0.1, 0.15) is 11.6 Å². The highest BCUT2D eigenvalue weighted by Gasteiger charge is 2.26. The molecule has 0 bridgehead atoms. The monoisotopic (exact) mass is 272 g/mol. The molecule has 0 fully saturated rings. The minimum absolute atomic E-state index is 0.189. The summed E-state index contributed by atoms with van der Waals surface area (Å²) in [6, 6.07) is 7.79. The molecular weight excluding hydrogens is 259 g/mol. The summed E-state index contributed by atoms with van der Waals surface area (Å²) in [6.45, 7) is 0.550. The first-order chi connectivity index (χ1) is 9.69. The van der Waals surface area contributed by atoms with Gasteiger partial charge in [-0.1, -0.05) is 6.07 Å². The number of pyridine rings is 1. The largest absolute Gasteiger partial charge is 0.308 e. The smallest absolute Gasteiger partial charge is 0.259 e. The lowest BCUT2D eigenvalue weighted by molar-refractivity contribution is 0.0989. The lowest BCUT2D eigenvalue weighted by atomic mass is 10.1. The van der Waals surface area contributed by atoms with Gasteiger partial charge in [0.05, 0.1) is 11.3 Å². The van der Waals surface area contributed by atoms with Crippen molar-refractivity contribution in [3.63, 3.8) is 0 Å². The molecule has 0 aliphatic carbocycles. The van der Waals surface area contributed by atoms with E-state index in [0.29, 0.717) is 23.6 Å². The third kappa shape index (κ3) is 2.10. The highest BCUT2D eigenvalue weighted by Crippen LogP contribution is 2.29. The van der Waals surface area contributed by atoms with Crippen LogP contribution in [0.5, 0.6) is 0 Å². The SMILES string of the molecule is NNc1ccc(C(=O)N2CCc3ccc(F)cc32)cn1. The van der Waals surface area contributed by atoms with E-state index in [0.717, 1.165) is 12.0 Å². The number of anilines is 2. The van der Waals surface area contributed by atoms with Crippen LogP contribution >= 0.6 is 0 Å². The van der Waals surface area contributed by atoms with E-state index < -0.39 is 0 Å². The van der Waals surface area contributed by atoms with E-state index in [9.17, 15) is 9.18 Å². The standard InChI is InChI=1S/C14H13FN4O/c15-11-3-1-9-5-6-19(12(9)7-11)14(20)10-2-4-13(18-16)17-8-10/h1-4,7-8H,5-6,16H2,(H,17,18). The molecule has 5 nitrogen and oxygen atoms in total. The number of hydrogen-bond donors (Lipinski definition) is 2. The Labute approximate surface area is 115 Å². The lowest BCUT2D eigenvalue weighted by Crippen LogP contribution is -2.29. The van der Waals surface area contributed by atoms with Gasteiger partial charge in [-0.3, -0.25) is 4.79 Å². The highest BCUT2D eigenvalue weighted by molar-refractivity contribution is 6.07. The van der Waals surface area contributed by atoms with Crippen LogP contribution in [0, 0.1) is 5.82 Å². The average Bonchev–Trinajstić information content (AvgIpc) is 2.89. The Balaban J connectivity index is 1.91. The number of amides is 1. The Kier molecular flexibility index (Phi) is 3.08. The second-order valence-electron chi connectivity index (χ2n) is 4.56. The predicted molar refractivity (Wildman–Crippen MR) is 73.8 cm³/mol. The molecule has 1 aliphatic rings. The molecular formula is C14H13FN4O. The molecule has 0 spiro atoms. The van der Waals surface area contributed by atoms with Crippen molar-refractivity contribution in [3.8, 4) is 0 Å². The zero-order valence-electron chi connectivity index (χ0n) is 10.6. The van der Waals surface area contributed by atoms with Gasteiger partial charge in [-0.15, -0.1) is 0 Å². The zero-order chi connectivity index (χ0) is 14.1. The molecule has 0 radical (unpaired) electrons. The summed E-state index contributed by atoms with van der Waals surface area (Å²) in [4.78, 5) is 18.0. The van der Waals surface area contributed by atoms with Gasteiger partial charge in [0, 0.05) is 12.7 Å². The van der Waals surface area contributed by atoms with Crippen LogP contribution < -0.4 is 16.2 Å². The second kappa shape index (κ2) is 4.90. The summed E-state index contributed by atoms with van der Waals surface area (Å²) in [5.74, 6) is 5.18. The number of hydrazine groups is 1. The van der Waals surface area contributed by atoms with Gasteiger partial charge in [0.25, 0.3) is 5.91 Å². The predicted octanol–water partition coefficient (Wildman–Crippen LogP) is 1.71. The van der Waals surface area contributed by atoms with E-state index in [1.165, 1.54) is 18.3 Å². The Morgan fingerprint density at radius 3 is 2.90 bits per heavy atom. The van der Waals surface area contributed by atoms with Crippen molar-refractivity contribution in [1.82, 2.24) is 4.98 Å². The fraction of sp³-hybridized carbons (Fsp3) is 0.143. The molecule has 0 saturated carbocycles. The van der Waals surface area contributed by atoms with Gasteiger partial charge >= 0.3 is 0 Å². The Bertz CT molecular complexity index is 657. The minimum Gasteiger partial charge on any atom is -0.308 e. The number of carbonyl (C=O) groups is 1. The summed E-state index contributed by atoms with van der Waals surface area (Å²) >= 11 is 0. The Morgan fingerprint density at radius 2 is 2.20 bits per heavy atom. The van der Waals surface area contributed by atoms with E-state index in [2.05, 4.69) is 10.4 Å². The van der Waals surface area contributed by atoms with E-state index in [4.69, 9.17) is 5.84 Å². The van der Waals surface area contributed by atoms with Gasteiger partial charge in [0.2, 0.25) is 0 Å². The molecule has 3 rings (SSSR count). The number of nitrogens with zero attached hydrogens (tertiary/aromatic N) is 2. The number of rotatable bonds is 2. The Morgan fingerprint density at radius 1 is 1.35 bits per heavy atom. The van der Waals surface area contributed by atoms with Crippen LogP contribution in [0.25, 0.3) is 0 Å². The maximum atomic E-state index is 13.3. The van der Waals surface area contributed by atoms with Crippen molar-refractivity contribution >= 4 is 17.4 Å². The number of aromatic nitrogens is 1. The van der Waals surface area contributed by atoms with Crippen LogP contribution in [0.4, 0.5) is 15.9 Å². The number of halogens is 1. The second-order valence-corrected chi connectivity index (χ2v) is 4.56. The quantitative estimate of drug-likeness (QED) is 0.645. The van der Waals surface area contributed by atoms with Crippen LogP contribution in [-0.4, -0.2) is 17.4 Å². The average molecular weight is 272 g/mol. The lowest BCUT2D eigenvalue weighted by Gasteiger charge is -2.17. The van der Waals surface area contributed by atoms with E-state index in [-0.39, 0.29) is 11.7 Å². The Hall–Kier alpha value is -2.47. The van der Waals surface area contributed by atoms with Crippen LogP contribution in [0.15, 0.2) is 36.5 Å². The fourth-order valence-corrected chi connectivity index (χ4v) is 2.32. The van der Waals surface area contributed by atoms with Gasteiger partial charge in [-0.2, -0.15) is 0 Å². The molecule has 1 aromatic carbocycles. The normalized spacial score (nSPS) is 13.2. The molecule has 0 saturated heterocycles. The fourth-order valence-electron chi connectivity index (χ4n) is 2.32. The topological polar surface area (TPSA) is 71.2 Å². The minimum atomic E-state index is -0.343. The van der Waals surface area contributed by atoms with Crippen molar-refractivity contribution in [2.75, 3.05) is 16.9 Å². The molecule has 2 heterocycles. The summed E-state index contributed by atoms with van der Waals surface area (Å²) in [5.41, 5.74) is 4.46. The van der Waals surface area contributed by atoms with E-state index in [1.54, 1.807) is 23.1 Å². The number of carbonyl (C=O) groups excluding carboxylic acids is 1. The van der Waals surface area contributed by atoms with Crippen LogP contribution in [0.2, 0.25) is 0 Å². The van der Waals surface area contributed by atoms with Crippen LogP contribution in [-0.2, 0) is 6.42 Å². The first-order valence-corrected chi connectivity index (χ1v) is 6.22. The van der Waals surface area contributed by atoms with Gasteiger partial charge in [0.15, 0.2) is 0 Å². The summed E-state index contributed by atoms with van der Waals surface area (Å²) in [6.07, 6.45) is 2.19. The molecule has 0 atom stereocenters. The molecule has 102 valence electrons. The molecule has 0 unspecified atom stereocenters. The summed E-state index contributed by atoms with van der Waals surface area (Å²) < 4.78 is 13.3. The van der Waals surface area contributed by atoms with Crippen LogP contribution in [0.1, 0.15) is 15.9 Å². The van der Waals surface area contributed by atoms with E-state index in [1.807, 2.05) is 0 Å². The number of benzene rings is 1. The van der Waals surface area contributed by atoms with Crippen molar-refractivity contribution in [1.29, 1.82) is 0 Å². The highest BCUT2D eigenvalue weighted by atomic mass is 19.1. The van der Waals surface area contributed by atoms with Crippen molar-refractivity contribution in [2.45, 2.75) is 6.42 Å². The van der Waals surface area contributed by atoms with Gasteiger partial charge in [-0.25, -0.2) is 15.2 Å². The number of hydrogen-bond acceptors (Lipinski definition) is 4. The van der Waals surface area contributed by atoms with Crippen molar-refractivity contribution in [3.05, 3.63) is 53.5 Å². The third-order valence-corrected chi connectivity index (χ3v) is 3.35. The maximum absolute atomic E-state index is 13.3. The zero-order valence-corrected chi connectivity index (χ0v) is 10.6. The number of nitrogens with two attached hydrogens (primary N) is 1. The van der Waals surface area contributed by atoms with Gasteiger partial charge in [-0.05, 0) is 36.2 Å². The number of fused-ring (bicyclic) bond motifs is 1. The molecule has 6 heteroatoms. The molecule has 2 aromatic rings. The molecule has 3 N–H and O–H groups in total. The van der Waals surface area contributed by atoms with Crippen molar-refractivity contribution in [2.24, 2.45) is 5.84 Å². The number of nitrogens with one attached hydrogen (secondary N) is 1. The summed E-state index contributed by atoms with van der Waals surface area (Å²) in [5, 5.41) is 0. The van der Waals surface area contributed by atoms with Gasteiger partial charge < -0.3 is 10.3 Å². The summed E-state index contributed by atoms with van der Waals surface area (Å²) in [7, 11) is 0. The first-order valence-electron chi connectivity index (χ1n) is 6.22. The third-order valence-electron chi connectivity index (χ3n) is 3.35. The molecule has 1 amide bonds. The molecule has 1 aliphatic heterocycles. The van der Waals surface area contributed by atoms with E-state index >= 15 is 0 Å². The number of nitrogen functional groups attached to an aromatic ring is 1. The van der Waals surface area contributed by atoms with Crippen LogP contribution in [0.3, 0.4) is 0 Å². The van der Waals surface area contributed by atoms with Crippen molar-refractivity contribution < 1.29 is 9.18 Å². The maximum Gasteiger partial charge on any atom is 0.259 e. The first kappa shape index (κ1) is 12.6.